The number of amides is 1. The highest BCUT2D eigenvalue weighted by Crippen LogP contribution is 2.16. The Labute approximate surface area is 161 Å². The minimum Gasteiger partial charge on any atom is -0.455 e. The first-order valence-corrected chi connectivity index (χ1v) is 9.88. The number of hydrogen-bond acceptors (Lipinski definition) is 3. The van der Waals surface area contributed by atoms with Crippen molar-refractivity contribution >= 4 is 32.6 Å². The first-order chi connectivity index (χ1) is 12.5. The molecular weight excluding hydrogens is 421 g/mol. The molecule has 1 unspecified atom stereocenters. The summed E-state index contributed by atoms with van der Waals surface area (Å²) in [6.07, 6.45) is 0. The minimum absolute atomic E-state index is 0.116. The Morgan fingerprint density at radius 1 is 1.12 bits per heavy atom. The van der Waals surface area contributed by atoms with Gasteiger partial charge in [0, 0.05) is 15.9 Å². The van der Waals surface area contributed by atoms with Crippen molar-refractivity contribution in [1.82, 2.24) is 5.32 Å². The van der Waals surface area contributed by atoms with E-state index in [-0.39, 0.29) is 23.2 Å². The van der Waals surface area contributed by atoms with Gasteiger partial charge in [-0.3, -0.25) is 9.00 Å². The van der Waals surface area contributed by atoms with E-state index in [0.29, 0.717) is 17.2 Å². The normalized spacial score (nSPS) is 11.9. The fraction of sp³-hybridized carbons (Fsp3) is 0.105. The maximum absolute atomic E-state index is 12.9. The third-order valence-corrected chi connectivity index (χ3v) is 5.42. The van der Waals surface area contributed by atoms with Crippen molar-refractivity contribution in [2.24, 2.45) is 0 Å². The van der Waals surface area contributed by atoms with E-state index in [0.717, 1.165) is 10.0 Å². The second-order valence-electron chi connectivity index (χ2n) is 5.52. The number of carbonyl (C=O) groups excluding carboxylic acids is 1. The summed E-state index contributed by atoms with van der Waals surface area (Å²) in [6.45, 7) is 0.371. The Morgan fingerprint density at radius 2 is 1.88 bits per heavy atom. The lowest BCUT2D eigenvalue weighted by atomic mass is 10.2. The Morgan fingerprint density at radius 3 is 2.62 bits per heavy atom. The van der Waals surface area contributed by atoms with Crippen molar-refractivity contribution in [3.8, 4) is 0 Å². The van der Waals surface area contributed by atoms with E-state index in [1.807, 2.05) is 24.3 Å². The molecule has 1 aromatic heterocycles. The molecule has 4 nitrogen and oxygen atoms in total. The average molecular weight is 436 g/mol. The molecule has 134 valence electrons. The minimum atomic E-state index is -1.38. The molecule has 1 N–H and O–H groups in total. The maximum atomic E-state index is 12.9. The quantitative estimate of drug-likeness (QED) is 0.623. The zero-order valence-electron chi connectivity index (χ0n) is 13.6. The van der Waals surface area contributed by atoms with Crippen LogP contribution < -0.4 is 5.32 Å². The molecule has 1 heterocycles. The van der Waals surface area contributed by atoms with Crippen molar-refractivity contribution in [2.45, 2.75) is 17.2 Å². The fourth-order valence-corrected chi connectivity index (χ4v) is 3.76. The molecular formula is C19H15BrFNO3S. The van der Waals surface area contributed by atoms with Crippen LogP contribution in [-0.2, 0) is 23.1 Å². The molecule has 3 rings (SSSR count). The summed E-state index contributed by atoms with van der Waals surface area (Å²) >= 11 is 3.38. The van der Waals surface area contributed by atoms with E-state index < -0.39 is 10.8 Å². The predicted molar refractivity (Wildman–Crippen MR) is 101 cm³/mol. The third kappa shape index (κ3) is 4.89. The second kappa shape index (κ2) is 8.42. The molecule has 1 atom stereocenters. The zero-order chi connectivity index (χ0) is 18.5. The lowest BCUT2D eigenvalue weighted by Gasteiger charge is -2.04. The van der Waals surface area contributed by atoms with Crippen LogP contribution in [0.25, 0.3) is 0 Å². The Bertz CT molecular complexity index is 940. The van der Waals surface area contributed by atoms with Gasteiger partial charge < -0.3 is 9.73 Å². The molecule has 0 bridgehead atoms. The number of rotatable bonds is 6. The highest BCUT2D eigenvalue weighted by molar-refractivity contribution is 9.10. The second-order valence-corrected chi connectivity index (χ2v) is 7.89. The van der Waals surface area contributed by atoms with Crippen LogP contribution >= 0.6 is 15.9 Å². The van der Waals surface area contributed by atoms with Gasteiger partial charge in [-0.15, -0.1) is 0 Å². The standard InChI is InChI=1S/C19H15BrFNO3S/c20-14-3-1-2-13(10-14)11-22-19(23)18-9-6-16(25-18)12-26(24)17-7-4-15(21)5-8-17/h1-10H,11-12H2,(H,22,23). The lowest BCUT2D eigenvalue weighted by Crippen LogP contribution is -2.22. The SMILES string of the molecule is O=C(NCc1cccc(Br)c1)c1ccc(CS(=O)c2ccc(F)cc2)o1. The first-order valence-electron chi connectivity index (χ1n) is 7.76. The maximum Gasteiger partial charge on any atom is 0.287 e. The molecule has 3 aromatic rings. The highest BCUT2D eigenvalue weighted by atomic mass is 79.9. The summed E-state index contributed by atoms with van der Waals surface area (Å²) in [7, 11) is -1.38. The number of furan rings is 1. The van der Waals surface area contributed by atoms with Gasteiger partial charge in [-0.05, 0) is 54.1 Å². The molecule has 0 aliphatic heterocycles. The summed E-state index contributed by atoms with van der Waals surface area (Å²) in [5.74, 6) is -0.0202. The first kappa shape index (κ1) is 18.5. The molecule has 0 saturated heterocycles. The molecule has 7 heteroatoms. The van der Waals surface area contributed by atoms with Crippen molar-refractivity contribution < 1.29 is 17.8 Å². The van der Waals surface area contributed by atoms with Crippen LogP contribution in [0.2, 0.25) is 0 Å². The lowest BCUT2D eigenvalue weighted by molar-refractivity contribution is 0.0921. The van der Waals surface area contributed by atoms with E-state index in [4.69, 9.17) is 4.42 Å². The fourth-order valence-electron chi connectivity index (χ4n) is 2.29. The summed E-state index contributed by atoms with van der Waals surface area (Å²) in [6, 6.07) is 16.3. The van der Waals surface area contributed by atoms with E-state index in [2.05, 4.69) is 21.2 Å². The Balaban J connectivity index is 1.59. The van der Waals surface area contributed by atoms with E-state index in [9.17, 15) is 13.4 Å². The molecule has 0 saturated carbocycles. The summed E-state index contributed by atoms with van der Waals surface area (Å²) < 4.78 is 31.6. The summed E-state index contributed by atoms with van der Waals surface area (Å²) in [4.78, 5) is 12.7. The van der Waals surface area contributed by atoms with Gasteiger partial charge in [0.25, 0.3) is 5.91 Å². The van der Waals surface area contributed by atoms with Crippen molar-refractivity contribution in [3.05, 3.63) is 88.0 Å². The molecule has 0 fully saturated rings. The van der Waals surface area contributed by atoms with E-state index in [1.54, 1.807) is 12.1 Å². The monoisotopic (exact) mass is 435 g/mol. The Kier molecular flexibility index (Phi) is 6.00. The zero-order valence-corrected chi connectivity index (χ0v) is 16.0. The molecule has 1 amide bonds. The van der Waals surface area contributed by atoms with Crippen molar-refractivity contribution in [1.29, 1.82) is 0 Å². The van der Waals surface area contributed by atoms with Crippen LogP contribution in [0.1, 0.15) is 21.9 Å². The molecule has 0 spiro atoms. The van der Waals surface area contributed by atoms with E-state index >= 15 is 0 Å². The van der Waals surface area contributed by atoms with Gasteiger partial charge in [0.1, 0.15) is 11.6 Å². The Hall–Kier alpha value is -2.25. The number of nitrogens with one attached hydrogen (secondary N) is 1. The van der Waals surface area contributed by atoms with Gasteiger partial charge in [-0.25, -0.2) is 4.39 Å². The van der Waals surface area contributed by atoms with Crippen molar-refractivity contribution in [2.75, 3.05) is 0 Å². The summed E-state index contributed by atoms with van der Waals surface area (Å²) in [5.41, 5.74) is 0.955. The number of carbonyl (C=O) groups is 1. The highest BCUT2D eigenvalue weighted by Gasteiger charge is 2.13. The van der Waals surface area contributed by atoms with Crippen LogP contribution in [-0.4, -0.2) is 10.1 Å². The van der Waals surface area contributed by atoms with Gasteiger partial charge in [0.2, 0.25) is 0 Å². The number of halogens is 2. The van der Waals surface area contributed by atoms with Crippen LogP contribution in [0.4, 0.5) is 4.39 Å². The molecule has 0 aliphatic carbocycles. The van der Waals surface area contributed by atoms with E-state index in [1.165, 1.54) is 24.3 Å². The van der Waals surface area contributed by atoms with Crippen LogP contribution in [0, 0.1) is 5.82 Å². The van der Waals surface area contributed by atoms with Gasteiger partial charge in [0.05, 0.1) is 16.6 Å². The third-order valence-electron chi connectivity index (χ3n) is 3.58. The molecule has 0 aliphatic rings. The van der Waals surface area contributed by atoms with Gasteiger partial charge in [-0.1, -0.05) is 28.1 Å². The topological polar surface area (TPSA) is 59.3 Å². The van der Waals surface area contributed by atoms with Crippen LogP contribution in [0.3, 0.4) is 0 Å². The smallest absolute Gasteiger partial charge is 0.287 e. The van der Waals surface area contributed by atoms with Crippen LogP contribution in [0.5, 0.6) is 0 Å². The largest absolute Gasteiger partial charge is 0.455 e. The van der Waals surface area contributed by atoms with Gasteiger partial charge in [-0.2, -0.15) is 0 Å². The number of benzene rings is 2. The van der Waals surface area contributed by atoms with Gasteiger partial charge >= 0.3 is 0 Å². The van der Waals surface area contributed by atoms with Crippen LogP contribution in [0.15, 0.2) is 74.4 Å². The average Bonchev–Trinajstić information content (AvgIpc) is 3.09. The predicted octanol–water partition coefficient (Wildman–Crippen LogP) is 4.42. The molecule has 26 heavy (non-hydrogen) atoms. The van der Waals surface area contributed by atoms with Gasteiger partial charge in [0.15, 0.2) is 5.76 Å². The van der Waals surface area contributed by atoms with Crippen molar-refractivity contribution in [3.63, 3.8) is 0 Å². The number of hydrogen-bond donors (Lipinski definition) is 1. The molecule has 0 radical (unpaired) electrons. The summed E-state index contributed by atoms with van der Waals surface area (Å²) in [5, 5.41) is 2.78. The molecule has 2 aromatic carbocycles.